The fraction of sp³-hybridized carbons (Fsp3) is 0.154. The standard InChI is InChI=1S/C13H11FO2S/c14-12-5-11(8-15)6-13(7-12)16-3-1-10-2-4-17-9-10/h2,4-9H,1,3H2. The van der Waals surface area contributed by atoms with Crippen LogP contribution in [0.5, 0.6) is 5.75 Å². The Labute approximate surface area is 103 Å². The maximum Gasteiger partial charge on any atom is 0.150 e. The summed E-state index contributed by atoms with van der Waals surface area (Å²) in [6.07, 6.45) is 1.38. The van der Waals surface area contributed by atoms with E-state index in [2.05, 4.69) is 0 Å². The monoisotopic (exact) mass is 250 g/mol. The van der Waals surface area contributed by atoms with Crippen LogP contribution >= 0.6 is 11.3 Å². The van der Waals surface area contributed by atoms with E-state index in [1.807, 2.05) is 16.8 Å². The molecule has 0 unspecified atom stereocenters. The van der Waals surface area contributed by atoms with Crippen molar-refractivity contribution in [3.63, 3.8) is 0 Å². The van der Waals surface area contributed by atoms with Gasteiger partial charge in [-0.2, -0.15) is 11.3 Å². The zero-order valence-electron chi connectivity index (χ0n) is 9.06. The van der Waals surface area contributed by atoms with Gasteiger partial charge in [0.25, 0.3) is 0 Å². The predicted molar refractivity (Wildman–Crippen MR) is 65.3 cm³/mol. The largest absolute Gasteiger partial charge is 0.493 e. The van der Waals surface area contributed by atoms with Gasteiger partial charge in [-0.3, -0.25) is 4.79 Å². The Morgan fingerprint density at radius 1 is 1.35 bits per heavy atom. The highest BCUT2D eigenvalue weighted by Gasteiger charge is 2.01. The van der Waals surface area contributed by atoms with E-state index in [1.54, 1.807) is 11.3 Å². The Kier molecular flexibility index (Phi) is 3.88. The van der Waals surface area contributed by atoms with Crippen LogP contribution in [0.4, 0.5) is 4.39 Å². The molecule has 0 aliphatic carbocycles. The first-order valence-corrected chi connectivity index (χ1v) is 6.12. The quantitative estimate of drug-likeness (QED) is 0.761. The second kappa shape index (κ2) is 5.59. The van der Waals surface area contributed by atoms with Crippen molar-refractivity contribution in [2.24, 2.45) is 0 Å². The Balaban J connectivity index is 1.94. The van der Waals surface area contributed by atoms with Crippen LogP contribution in [-0.2, 0) is 6.42 Å². The number of thiophene rings is 1. The van der Waals surface area contributed by atoms with E-state index in [1.165, 1.54) is 23.8 Å². The lowest BCUT2D eigenvalue weighted by Gasteiger charge is -2.06. The van der Waals surface area contributed by atoms with Gasteiger partial charge in [0.05, 0.1) is 6.61 Å². The van der Waals surface area contributed by atoms with Crippen LogP contribution in [0.3, 0.4) is 0 Å². The minimum Gasteiger partial charge on any atom is -0.493 e. The molecule has 88 valence electrons. The molecule has 1 heterocycles. The topological polar surface area (TPSA) is 26.3 Å². The molecule has 4 heteroatoms. The third-order valence-corrected chi connectivity index (χ3v) is 3.00. The lowest BCUT2D eigenvalue weighted by molar-refractivity contribution is 0.112. The third kappa shape index (κ3) is 3.39. The number of hydrogen-bond donors (Lipinski definition) is 0. The molecule has 0 aliphatic heterocycles. The van der Waals surface area contributed by atoms with E-state index in [-0.39, 0.29) is 5.56 Å². The molecule has 1 aromatic carbocycles. The van der Waals surface area contributed by atoms with Crippen LogP contribution in [0.25, 0.3) is 0 Å². The van der Waals surface area contributed by atoms with E-state index in [4.69, 9.17) is 4.74 Å². The minimum absolute atomic E-state index is 0.288. The highest BCUT2D eigenvalue weighted by atomic mass is 32.1. The molecule has 0 atom stereocenters. The van der Waals surface area contributed by atoms with Crippen molar-refractivity contribution in [2.75, 3.05) is 6.61 Å². The lowest BCUT2D eigenvalue weighted by Crippen LogP contribution is -2.01. The Bertz CT molecular complexity index is 494. The number of benzene rings is 1. The Morgan fingerprint density at radius 3 is 2.94 bits per heavy atom. The van der Waals surface area contributed by atoms with Crippen LogP contribution in [-0.4, -0.2) is 12.9 Å². The van der Waals surface area contributed by atoms with Crippen molar-refractivity contribution in [1.82, 2.24) is 0 Å². The second-order valence-corrected chi connectivity index (χ2v) is 4.35. The fourth-order valence-electron chi connectivity index (χ4n) is 1.46. The summed E-state index contributed by atoms with van der Waals surface area (Å²) in [5, 5.41) is 4.05. The van der Waals surface area contributed by atoms with E-state index >= 15 is 0 Å². The van der Waals surface area contributed by atoms with Gasteiger partial charge in [0.1, 0.15) is 17.9 Å². The van der Waals surface area contributed by atoms with Crippen LogP contribution in [0.15, 0.2) is 35.0 Å². The van der Waals surface area contributed by atoms with Gasteiger partial charge in [-0.15, -0.1) is 0 Å². The molecule has 0 fully saturated rings. The fourth-order valence-corrected chi connectivity index (χ4v) is 2.16. The SMILES string of the molecule is O=Cc1cc(F)cc(OCCc2ccsc2)c1. The molecule has 1 aromatic heterocycles. The maximum atomic E-state index is 13.1. The van der Waals surface area contributed by atoms with Gasteiger partial charge in [0, 0.05) is 18.1 Å². The molecule has 0 radical (unpaired) electrons. The summed E-state index contributed by atoms with van der Waals surface area (Å²) >= 11 is 1.63. The highest BCUT2D eigenvalue weighted by molar-refractivity contribution is 7.07. The summed E-state index contributed by atoms with van der Waals surface area (Å²) in [6, 6.07) is 6.01. The van der Waals surface area contributed by atoms with E-state index in [9.17, 15) is 9.18 Å². The highest BCUT2D eigenvalue weighted by Crippen LogP contribution is 2.16. The van der Waals surface area contributed by atoms with Crippen molar-refractivity contribution in [3.05, 3.63) is 52.0 Å². The van der Waals surface area contributed by atoms with Gasteiger partial charge < -0.3 is 4.74 Å². The van der Waals surface area contributed by atoms with Crippen LogP contribution in [0.1, 0.15) is 15.9 Å². The van der Waals surface area contributed by atoms with Crippen LogP contribution < -0.4 is 4.74 Å². The average Bonchev–Trinajstić information content (AvgIpc) is 2.81. The molecule has 2 nitrogen and oxygen atoms in total. The molecule has 0 N–H and O–H groups in total. The predicted octanol–water partition coefficient (Wildman–Crippen LogP) is 3.32. The zero-order valence-corrected chi connectivity index (χ0v) is 9.87. The number of aldehydes is 1. The van der Waals surface area contributed by atoms with Crippen molar-refractivity contribution < 1.29 is 13.9 Å². The van der Waals surface area contributed by atoms with E-state index < -0.39 is 5.82 Å². The molecular weight excluding hydrogens is 239 g/mol. The molecule has 17 heavy (non-hydrogen) atoms. The maximum absolute atomic E-state index is 13.1. The smallest absolute Gasteiger partial charge is 0.150 e. The molecule has 0 saturated heterocycles. The molecular formula is C13H11FO2S. The molecule has 2 aromatic rings. The number of hydrogen-bond acceptors (Lipinski definition) is 3. The van der Waals surface area contributed by atoms with Crippen molar-refractivity contribution in [3.8, 4) is 5.75 Å². The van der Waals surface area contributed by atoms with Crippen molar-refractivity contribution in [2.45, 2.75) is 6.42 Å². The van der Waals surface area contributed by atoms with E-state index in [0.29, 0.717) is 18.6 Å². The zero-order chi connectivity index (χ0) is 12.1. The summed E-state index contributed by atoms with van der Waals surface area (Å²) in [6.45, 7) is 0.471. The number of carbonyl (C=O) groups is 1. The first-order valence-electron chi connectivity index (χ1n) is 5.17. The molecule has 0 bridgehead atoms. The van der Waals surface area contributed by atoms with E-state index in [0.717, 1.165) is 6.42 Å². The lowest BCUT2D eigenvalue weighted by atomic mass is 10.2. The first kappa shape index (κ1) is 11.8. The van der Waals surface area contributed by atoms with Gasteiger partial charge in [-0.25, -0.2) is 4.39 Å². The Hall–Kier alpha value is -1.68. The number of halogens is 1. The van der Waals surface area contributed by atoms with Crippen molar-refractivity contribution >= 4 is 17.6 Å². The van der Waals surface area contributed by atoms with Crippen LogP contribution in [0, 0.1) is 5.82 Å². The van der Waals surface area contributed by atoms with Crippen LogP contribution in [0.2, 0.25) is 0 Å². The Morgan fingerprint density at radius 2 is 2.24 bits per heavy atom. The third-order valence-electron chi connectivity index (χ3n) is 2.27. The number of ether oxygens (including phenoxy) is 1. The summed E-state index contributed by atoms with van der Waals surface area (Å²) < 4.78 is 18.5. The van der Waals surface area contributed by atoms with Gasteiger partial charge in [-0.05, 0) is 34.5 Å². The molecule has 0 spiro atoms. The first-order chi connectivity index (χ1) is 8.28. The summed E-state index contributed by atoms with van der Waals surface area (Å²) in [5.74, 6) is -0.0672. The summed E-state index contributed by atoms with van der Waals surface area (Å²) in [4.78, 5) is 10.6. The van der Waals surface area contributed by atoms with Gasteiger partial charge in [0.2, 0.25) is 0 Å². The van der Waals surface area contributed by atoms with Gasteiger partial charge >= 0.3 is 0 Å². The van der Waals surface area contributed by atoms with Gasteiger partial charge in [0.15, 0.2) is 0 Å². The second-order valence-electron chi connectivity index (χ2n) is 3.57. The average molecular weight is 250 g/mol. The normalized spacial score (nSPS) is 10.2. The summed E-state index contributed by atoms with van der Waals surface area (Å²) in [7, 11) is 0. The molecule has 0 amide bonds. The molecule has 0 saturated carbocycles. The number of rotatable bonds is 5. The van der Waals surface area contributed by atoms with Gasteiger partial charge in [-0.1, -0.05) is 0 Å². The molecule has 2 rings (SSSR count). The minimum atomic E-state index is -0.458. The van der Waals surface area contributed by atoms with Crippen molar-refractivity contribution in [1.29, 1.82) is 0 Å². The molecule has 0 aliphatic rings. The summed E-state index contributed by atoms with van der Waals surface area (Å²) in [5.41, 5.74) is 1.48. The number of carbonyl (C=O) groups excluding carboxylic acids is 1.